The van der Waals surface area contributed by atoms with E-state index in [4.69, 9.17) is 9.72 Å². The Morgan fingerprint density at radius 3 is 2.70 bits per heavy atom. The van der Waals surface area contributed by atoms with Crippen molar-refractivity contribution in [3.8, 4) is 0 Å². The van der Waals surface area contributed by atoms with Gasteiger partial charge < -0.3 is 25.6 Å². The number of methoxy groups -OCH3 is 1. The van der Waals surface area contributed by atoms with Crippen molar-refractivity contribution >= 4 is 35.1 Å². The van der Waals surface area contributed by atoms with Crippen molar-refractivity contribution in [1.29, 1.82) is 0 Å². The van der Waals surface area contributed by atoms with Crippen molar-refractivity contribution in [3.63, 3.8) is 0 Å². The highest BCUT2D eigenvalue weighted by molar-refractivity contribution is 5.94. The first-order valence-corrected chi connectivity index (χ1v) is 10.8. The molecule has 0 saturated carbocycles. The lowest BCUT2D eigenvalue weighted by Crippen LogP contribution is -2.26. The smallest absolute Gasteiger partial charge is 0.251 e. The van der Waals surface area contributed by atoms with E-state index >= 15 is 0 Å². The number of anilines is 4. The molecular weight excluding hydrogens is 416 g/mol. The monoisotopic (exact) mass is 444 g/mol. The fourth-order valence-electron chi connectivity index (χ4n) is 3.53. The maximum absolute atomic E-state index is 12.2. The van der Waals surface area contributed by atoms with Crippen LogP contribution in [0.4, 0.5) is 23.1 Å². The Labute approximate surface area is 193 Å². The van der Waals surface area contributed by atoms with Crippen LogP contribution < -0.4 is 16.0 Å². The Morgan fingerprint density at radius 1 is 1.12 bits per heavy atom. The Balaban J connectivity index is 1.57. The minimum atomic E-state index is -0.127. The minimum Gasteiger partial charge on any atom is -0.383 e. The number of carbonyl (C=O) groups is 1. The average Bonchev–Trinajstić information content (AvgIpc) is 2.80. The molecule has 0 unspecified atom stereocenters. The second-order valence-corrected chi connectivity index (χ2v) is 7.95. The van der Waals surface area contributed by atoms with Gasteiger partial charge in [0.25, 0.3) is 5.91 Å². The summed E-state index contributed by atoms with van der Waals surface area (Å²) >= 11 is 0. The molecule has 33 heavy (non-hydrogen) atoms. The van der Waals surface area contributed by atoms with E-state index in [-0.39, 0.29) is 5.91 Å². The highest BCUT2D eigenvalue weighted by atomic mass is 16.5. The highest BCUT2D eigenvalue weighted by Gasteiger charge is 2.17. The summed E-state index contributed by atoms with van der Waals surface area (Å²) in [6, 6.07) is 13.3. The molecule has 4 rings (SSSR count). The Hall–Kier alpha value is -3.91. The minimum absolute atomic E-state index is 0.127. The highest BCUT2D eigenvalue weighted by Crippen LogP contribution is 2.30. The molecule has 0 radical (unpaired) electrons. The number of nitrogens with one attached hydrogen (secondary N) is 3. The largest absolute Gasteiger partial charge is 0.383 e. The van der Waals surface area contributed by atoms with Crippen molar-refractivity contribution in [2.75, 3.05) is 37.9 Å². The van der Waals surface area contributed by atoms with Crippen molar-refractivity contribution in [2.24, 2.45) is 0 Å². The number of amides is 1. The molecule has 3 aromatic rings. The lowest BCUT2D eigenvalue weighted by atomic mass is 10.1. The topological polar surface area (TPSA) is 91.4 Å². The van der Waals surface area contributed by atoms with Gasteiger partial charge in [-0.15, -0.1) is 0 Å². The molecule has 8 nitrogen and oxygen atoms in total. The number of benzene rings is 1. The number of nitrogens with zero attached hydrogens (tertiary/aromatic N) is 3. The molecule has 170 valence electrons. The van der Waals surface area contributed by atoms with Gasteiger partial charge in [-0.05, 0) is 72.8 Å². The molecule has 0 fully saturated rings. The standard InChI is InChI=1S/C25H28N6O2/c1-17-8-10-26-22(14-17)29-23-15-19-9-12-31(2)16-21(19)24(30-23)28-20-6-4-18(5-7-20)25(32)27-11-13-33-3/h4-10,12,14-15H,11,13,16H2,1-3H3,(H,27,32)(H2,26,28,29,30). The van der Waals surface area contributed by atoms with Crippen molar-refractivity contribution in [3.05, 3.63) is 77.1 Å². The number of hydrogen-bond acceptors (Lipinski definition) is 7. The molecule has 1 aromatic carbocycles. The lowest BCUT2D eigenvalue weighted by molar-refractivity contribution is 0.0937. The predicted molar refractivity (Wildman–Crippen MR) is 131 cm³/mol. The van der Waals surface area contributed by atoms with Crippen LogP contribution in [-0.4, -0.2) is 48.1 Å². The van der Waals surface area contributed by atoms with Gasteiger partial charge in [-0.1, -0.05) is 0 Å². The molecule has 3 heterocycles. The van der Waals surface area contributed by atoms with Crippen LogP contribution in [0.15, 0.2) is 54.9 Å². The van der Waals surface area contributed by atoms with E-state index in [1.165, 1.54) is 0 Å². The number of fused-ring (bicyclic) bond motifs is 1. The van der Waals surface area contributed by atoms with E-state index in [2.05, 4.69) is 38.1 Å². The summed E-state index contributed by atoms with van der Waals surface area (Å²) in [4.78, 5) is 23.6. The van der Waals surface area contributed by atoms with Crippen LogP contribution >= 0.6 is 0 Å². The zero-order valence-electron chi connectivity index (χ0n) is 19.1. The van der Waals surface area contributed by atoms with Gasteiger partial charge in [-0.3, -0.25) is 4.79 Å². The summed E-state index contributed by atoms with van der Waals surface area (Å²) in [7, 11) is 3.64. The number of aryl methyl sites for hydroxylation is 1. The SMILES string of the molecule is COCCNC(=O)c1ccc(Nc2nc(Nc3cc(C)ccn3)cc3c2CN(C)C=C3)cc1. The summed E-state index contributed by atoms with van der Waals surface area (Å²) in [5.41, 5.74) is 4.76. The number of carbonyl (C=O) groups excluding carboxylic acids is 1. The van der Waals surface area contributed by atoms with Crippen LogP contribution in [0.5, 0.6) is 0 Å². The zero-order valence-corrected chi connectivity index (χ0v) is 19.1. The predicted octanol–water partition coefficient (Wildman–Crippen LogP) is 4.06. The zero-order chi connectivity index (χ0) is 23.2. The quantitative estimate of drug-likeness (QED) is 0.451. The molecule has 2 aromatic heterocycles. The van der Waals surface area contributed by atoms with E-state index < -0.39 is 0 Å². The molecule has 0 aliphatic carbocycles. The van der Waals surface area contributed by atoms with E-state index in [0.29, 0.717) is 24.5 Å². The normalized spacial score (nSPS) is 12.3. The fraction of sp³-hybridized carbons (Fsp3) is 0.240. The molecule has 1 amide bonds. The van der Waals surface area contributed by atoms with Crippen LogP contribution in [-0.2, 0) is 11.3 Å². The van der Waals surface area contributed by atoms with E-state index in [0.717, 1.165) is 40.6 Å². The number of aromatic nitrogens is 2. The molecular formula is C25H28N6O2. The molecule has 8 heteroatoms. The number of hydrogen-bond donors (Lipinski definition) is 3. The Bertz CT molecular complexity index is 1160. The van der Waals surface area contributed by atoms with Crippen molar-refractivity contribution in [2.45, 2.75) is 13.5 Å². The first-order valence-electron chi connectivity index (χ1n) is 10.8. The summed E-state index contributed by atoms with van der Waals surface area (Å²) < 4.78 is 4.97. The summed E-state index contributed by atoms with van der Waals surface area (Å²) in [6.45, 7) is 3.72. The molecule has 0 atom stereocenters. The van der Waals surface area contributed by atoms with Gasteiger partial charge in [0.1, 0.15) is 17.5 Å². The van der Waals surface area contributed by atoms with Gasteiger partial charge in [0.2, 0.25) is 0 Å². The number of pyridine rings is 2. The molecule has 1 aliphatic rings. The van der Waals surface area contributed by atoms with Crippen molar-refractivity contribution in [1.82, 2.24) is 20.2 Å². The average molecular weight is 445 g/mol. The second kappa shape index (κ2) is 10.1. The molecule has 1 aliphatic heterocycles. The fourth-order valence-corrected chi connectivity index (χ4v) is 3.53. The van der Waals surface area contributed by atoms with E-state index in [1.54, 1.807) is 25.4 Å². The van der Waals surface area contributed by atoms with Crippen LogP contribution in [0.3, 0.4) is 0 Å². The molecule has 0 saturated heterocycles. The van der Waals surface area contributed by atoms with Crippen LogP contribution in [0.25, 0.3) is 6.08 Å². The van der Waals surface area contributed by atoms with Gasteiger partial charge in [0.15, 0.2) is 0 Å². The van der Waals surface area contributed by atoms with E-state index in [9.17, 15) is 4.79 Å². The lowest BCUT2D eigenvalue weighted by Gasteiger charge is -2.24. The third kappa shape index (κ3) is 5.67. The van der Waals surface area contributed by atoms with Gasteiger partial charge in [0.05, 0.1) is 6.61 Å². The number of rotatable bonds is 8. The van der Waals surface area contributed by atoms with Gasteiger partial charge in [-0.2, -0.15) is 0 Å². The Morgan fingerprint density at radius 2 is 1.94 bits per heavy atom. The van der Waals surface area contributed by atoms with Gasteiger partial charge >= 0.3 is 0 Å². The van der Waals surface area contributed by atoms with Crippen LogP contribution in [0.1, 0.15) is 27.0 Å². The second-order valence-electron chi connectivity index (χ2n) is 7.95. The first-order chi connectivity index (χ1) is 16.0. The summed E-state index contributed by atoms with van der Waals surface area (Å²) in [6.07, 6.45) is 5.91. The van der Waals surface area contributed by atoms with E-state index in [1.807, 2.05) is 44.3 Å². The maximum atomic E-state index is 12.2. The van der Waals surface area contributed by atoms with Crippen molar-refractivity contribution < 1.29 is 9.53 Å². The molecule has 0 bridgehead atoms. The van der Waals surface area contributed by atoms with Crippen LogP contribution in [0, 0.1) is 6.92 Å². The number of ether oxygens (including phenoxy) is 1. The van der Waals surface area contributed by atoms with Gasteiger partial charge in [-0.25, -0.2) is 9.97 Å². The van der Waals surface area contributed by atoms with Crippen LogP contribution in [0.2, 0.25) is 0 Å². The van der Waals surface area contributed by atoms with Gasteiger partial charge in [0, 0.05) is 50.3 Å². The Kier molecular flexibility index (Phi) is 6.85. The summed E-state index contributed by atoms with van der Waals surface area (Å²) in [5.74, 6) is 2.08. The first kappa shape index (κ1) is 22.3. The summed E-state index contributed by atoms with van der Waals surface area (Å²) in [5, 5.41) is 9.56. The maximum Gasteiger partial charge on any atom is 0.251 e. The molecule has 0 spiro atoms. The third-order valence-electron chi connectivity index (χ3n) is 5.25. The third-order valence-corrected chi connectivity index (χ3v) is 5.25. The molecule has 3 N–H and O–H groups in total.